The molecule has 1 aliphatic carbocycles. The summed E-state index contributed by atoms with van der Waals surface area (Å²) < 4.78 is 12.9. The predicted octanol–water partition coefficient (Wildman–Crippen LogP) is 12.0. The number of nitro groups is 2. The molecule has 0 aliphatic heterocycles. The molecule has 8 bridgehead atoms. The molecule has 0 fully saturated rings. The molecule has 0 aromatic heterocycles. The van der Waals surface area contributed by atoms with Crippen LogP contribution in [0, 0.1) is 20.2 Å². The third-order valence-corrected chi connectivity index (χ3v) is 9.97. The van der Waals surface area contributed by atoms with Crippen molar-refractivity contribution in [1.82, 2.24) is 0 Å². The molecule has 2 N–H and O–H groups in total. The van der Waals surface area contributed by atoms with Gasteiger partial charge in [-0.15, -0.1) is 0 Å². The highest BCUT2D eigenvalue weighted by molar-refractivity contribution is 5.61. The Balaban J connectivity index is 1.38. The van der Waals surface area contributed by atoms with Crippen molar-refractivity contribution in [3.05, 3.63) is 174 Å². The van der Waals surface area contributed by atoms with Crippen LogP contribution in [0.15, 0.2) is 130 Å². The molecule has 14 heteroatoms. The van der Waals surface area contributed by atoms with Gasteiger partial charge in [-0.25, -0.2) is 0 Å². The molecule has 0 radical (unpaired) electrons. The van der Waals surface area contributed by atoms with Gasteiger partial charge in [-0.3, -0.25) is 20.2 Å². The van der Waals surface area contributed by atoms with Crippen molar-refractivity contribution in [2.45, 2.75) is 52.4 Å². The average molecular weight is 807 g/mol. The van der Waals surface area contributed by atoms with Crippen molar-refractivity contribution in [2.75, 3.05) is 13.2 Å². The first-order valence-corrected chi connectivity index (χ1v) is 19.6. The summed E-state index contributed by atoms with van der Waals surface area (Å²) in [6.07, 6.45) is 2.57. The zero-order valence-electron chi connectivity index (χ0n) is 33.1. The summed E-state index contributed by atoms with van der Waals surface area (Å²) in [5.74, 6) is 1.45. The highest BCUT2D eigenvalue weighted by Crippen LogP contribution is 2.41. The Morgan fingerprint density at radius 1 is 0.483 bits per heavy atom. The van der Waals surface area contributed by atoms with E-state index in [9.17, 15) is 30.4 Å². The first-order chi connectivity index (χ1) is 29.1. The number of ether oxygens (including phenoxy) is 2. The topological polar surface area (TPSA) is 195 Å². The molecule has 0 spiro atoms. The van der Waals surface area contributed by atoms with E-state index in [1.807, 2.05) is 50.2 Å². The number of fused-ring (bicyclic) bond motifs is 8. The van der Waals surface area contributed by atoms with E-state index < -0.39 is 9.85 Å². The van der Waals surface area contributed by atoms with Crippen molar-refractivity contribution in [3.8, 4) is 23.0 Å². The van der Waals surface area contributed by atoms with E-state index in [1.165, 1.54) is 48.5 Å². The third kappa shape index (κ3) is 9.45. The van der Waals surface area contributed by atoms with Crippen LogP contribution in [0.1, 0.15) is 71.2 Å². The fourth-order valence-corrected chi connectivity index (χ4v) is 7.08. The molecule has 0 unspecified atom stereocenters. The van der Waals surface area contributed by atoms with Crippen LogP contribution in [-0.4, -0.2) is 33.3 Å². The van der Waals surface area contributed by atoms with E-state index in [-0.39, 0.29) is 48.6 Å². The van der Waals surface area contributed by atoms with Crippen LogP contribution < -0.4 is 9.47 Å². The molecule has 6 aromatic rings. The second-order valence-corrected chi connectivity index (χ2v) is 14.4. The number of aromatic hydroxyl groups is 2. The summed E-state index contributed by atoms with van der Waals surface area (Å²) in [6, 6.07) is 30.3. The van der Waals surface area contributed by atoms with Gasteiger partial charge >= 0.3 is 0 Å². The maximum Gasteiger partial charge on any atom is 0.269 e. The summed E-state index contributed by atoms with van der Waals surface area (Å²) in [6.45, 7) is 4.90. The van der Waals surface area contributed by atoms with Crippen LogP contribution in [0.25, 0.3) is 0 Å². The van der Waals surface area contributed by atoms with Crippen LogP contribution in [0.2, 0.25) is 0 Å². The SMILES string of the molecule is CCCOc1c2cccc1Cc1cc(N=Nc3ccc([N+](=O)[O-])cc3)cc(c1O)Cc1cccc(c1OCCC)Cc1cc(N=Nc3ccc([N+](=O)[O-])cc3)cc(c1O)C2. The van der Waals surface area contributed by atoms with E-state index in [4.69, 9.17) is 9.47 Å². The number of phenols is 2. The molecule has 0 heterocycles. The lowest BCUT2D eigenvalue weighted by Gasteiger charge is -2.21. The molecule has 304 valence electrons. The molecule has 14 nitrogen and oxygen atoms in total. The van der Waals surface area contributed by atoms with Gasteiger partial charge in [0.1, 0.15) is 23.0 Å². The van der Waals surface area contributed by atoms with Gasteiger partial charge in [-0.1, -0.05) is 50.2 Å². The second-order valence-electron chi connectivity index (χ2n) is 14.4. The van der Waals surface area contributed by atoms with Gasteiger partial charge < -0.3 is 19.7 Å². The van der Waals surface area contributed by atoms with Crippen LogP contribution in [0.3, 0.4) is 0 Å². The number of phenolic OH excluding ortho intramolecular Hbond substituents is 2. The minimum Gasteiger partial charge on any atom is -0.507 e. The molecule has 7 rings (SSSR count). The smallest absolute Gasteiger partial charge is 0.269 e. The number of rotatable bonds is 12. The number of para-hydroxylation sites is 2. The second kappa shape index (κ2) is 18.4. The molecule has 6 aromatic carbocycles. The zero-order chi connectivity index (χ0) is 42.2. The van der Waals surface area contributed by atoms with Crippen molar-refractivity contribution < 1.29 is 29.5 Å². The Hall–Kier alpha value is -7.48. The Kier molecular flexibility index (Phi) is 12.5. The fraction of sp³-hybridized carbons (Fsp3) is 0.217. The fourth-order valence-electron chi connectivity index (χ4n) is 7.08. The largest absolute Gasteiger partial charge is 0.507 e. The van der Waals surface area contributed by atoms with E-state index in [2.05, 4.69) is 20.5 Å². The van der Waals surface area contributed by atoms with Crippen molar-refractivity contribution in [2.24, 2.45) is 20.5 Å². The van der Waals surface area contributed by atoms with E-state index in [0.717, 1.165) is 35.1 Å². The number of nitro benzene ring substituents is 2. The number of benzene rings is 6. The van der Waals surface area contributed by atoms with Crippen LogP contribution in [0.4, 0.5) is 34.1 Å². The first kappa shape index (κ1) is 40.7. The molecular formula is C46H42N6O8. The normalized spacial score (nSPS) is 12.4. The predicted molar refractivity (Wildman–Crippen MR) is 226 cm³/mol. The molecule has 0 saturated carbocycles. The minimum atomic E-state index is -0.473. The zero-order valence-corrected chi connectivity index (χ0v) is 33.1. The summed E-state index contributed by atoms with van der Waals surface area (Å²) in [5.41, 5.74) is 7.28. The van der Waals surface area contributed by atoms with Crippen LogP contribution in [-0.2, 0) is 25.7 Å². The van der Waals surface area contributed by atoms with E-state index in [1.54, 1.807) is 24.3 Å². The summed E-state index contributed by atoms with van der Waals surface area (Å²) in [4.78, 5) is 21.5. The van der Waals surface area contributed by atoms with E-state index >= 15 is 0 Å². The number of nitrogens with zero attached hydrogens (tertiary/aromatic N) is 6. The molecule has 1 aliphatic rings. The van der Waals surface area contributed by atoms with Gasteiger partial charge in [0, 0.05) is 72.2 Å². The quantitative estimate of drug-likeness (QED) is 0.0691. The standard InChI is InChI=1S/C46H42N6O8/c1-3-19-59-45-29-7-5-8-30(45)22-34-26-40(50-48-38-13-17-42(18-14-38)52(57)58)28-36(44(34)54)24-32-10-6-9-31(46(32)60-20-4-2)23-35-27-39(25-33(21-29)43(35)53)49-47-37-11-15-41(16-12-37)51(55)56/h5-18,25-28,53-54H,3-4,19-24H2,1-2H3. The first-order valence-electron chi connectivity index (χ1n) is 19.6. The minimum absolute atomic E-state index is 0.0532. The molecule has 0 saturated heterocycles. The summed E-state index contributed by atoms with van der Waals surface area (Å²) in [5, 5.41) is 64.2. The van der Waals surface area contributed by atoms with Gasteiger partial charge in [-0.2, -0.15) is 20.5 Å². The van der Waals surface area contributed by atoms with Crippen molar-refractivity contribution in [1.29, 1.82) is 0 Å². The van der Waals surface area contributed by atoms with E-state index in [0.29, 0.717) is 69.7 Å². The summed E-state index contributed by atoms with van der Waals surface area (Å²) in [7, 11) is 0. The number of hydrogen-bond donors (Lipinski definition) is 2. The van der Waals surface area contributed by atoms with Crippen LogP contribution in [0.5, 0.6) is 23.0 Å². The van der Waals surface area contributed by atoms with Gasteiger partial charge in [0.05, 0.1) is 45.8 Å². The highest BCUT2D eigenvalue weighted by Gasteiger charge is 2.22. The van der Waals surface area contributed by atoms with Crippen LogP contribution >= 0.6 is 0 Å². The molecule has 0 atom stereocenters. The number of azo groups is 2. The monoisotopic (exact) mass is 806 g/mol. The lowest BCUT2D eigenvalue weighted by molar-refractivity contribution is -0.385. The van der Waals surface area contributed by atoms with Gasteiger partial charge in [0.25, 0.3) is 11.4 Å². The van der Waals surface area contributed by atoms with Crippen molar-refractivity contribution in [3.63, 3.8) is 0 Å². The third-order valence-electron chi connectivity index (χ3n) is 9.97. The average Bonchev–Trinajstić information content (AvgIpc) is 3.24. The van der Waals surface area contributed by atoms with Gasteiger partial charge in [0.15, 0.2) is 0 Å². The van der Waals surface area contributed by atoms with Gasteiger partial charge in [-0.05, 0) is 83.6 Å². The lowest BCUT2D eigenvalue weighted by atomic mass is 9.91. The van der Waals surface area contributed by atoms with Crippen molar-refractivity contribution >= 4 is 34.1 Å². The molecule has 60 heavy (non-hydrogen) atoms. The lowest BCUT2D eigenvalue weighted by Crippen LogP contribution is -2.07. The maximum absolute atomic E-state index is 12.0. The molecule has 0 amide bonds. The Bertz CT molecular complexity index is 2340. The Morgan fingerprint density at radius 3 is 1.07 bits per heavy atom. The Labute approximate surface area is 345 Å². The number of hydrogen-bond acceptors (Lipinski definition) is 12. The van der Waals surface area contributed by atoms with Gasteiger partial charge in [0.2, 0.25) is 0 Å². The Morgan fingerprint density at radius 2 is 0.783 bits per heavy atom. The highest BCUT2D eigenvalue weighted by atomic mass is 16.6. The summed E-state index contributed by atoms with van der Waals surface area (Å²) >= 11 is 0. The molecular weight excluding hydrogens is 765 g/mol. The maximum atomic E-state index is 12.0. The number of non-ortho nitro benzene ring substituents is 2.